The summed E-state index contributed by atoms with van der Waals surface area (Å²) in [6.45, 7) is 0. The first-order valence-electron chi connectivity index (χ1n) is 8.15. The molecule has 150 valence electrons. The maximum atomic E-state index is 14.1. The van der Waals surface area contributed by atoms with Crippen LogP contribution in [0.3, 0.4) is 0 Å². The second-order valence-electron chi connectivity index (χ2n) is 6.17. The number of carbonyl (C=O) groups is 1. The maximum absolute atomic E-state index is 14.1. The van der Waals surface area contributed by atoms with Crippen molar-refractivity contribution < 1.29 is 30.8 Å². The van der Waals surface area contributed by atoms with Crippen molar-refractivity contribution in [3.8, 4) is 0 Å². The minimum Gasteiger partial charge on any atom is -0.465 e. The van der Waals surface area contributed by atoms with E-state index in [1.165, 1.54) is 18.2 Å². The minimum atomic E-state index is -4.43. The summed E-state index contributed by atoms with van der Waals surface area (Å²) >= 11 is 0. The number of methoxy groups -OCH3 is 1. The molecule has 0 unspecified atom stereocenters. The summed E-state index contributed by atoms with van der Waals surface area (Å²) in [7, 11) is -7.11. The lowest BCUT2D eigenvalue weighted by atomic mass is 10.2. The Morgan fingerprint density at radius 3 is 2.43 bits per heavy atom. The molecule has 0 radical (unpaired) electrons. The van der Waals surface area contributed by atoms with Gasteiger partial charge in [0, 0.05) is 6.04 Å². The molecule has 11 heteroatoms. The Labute approximate surface area is 161 Å². The first-order valence-corrected chi connectivity index (χ1v) is 11.1. The van der Waals surface area contributed by atoms with Gasteiger partial charge in [-0.1, -0.05) is 6.07 Å². The molecule has 0 amide bonds. The Hall–Kier alpha value is -2.50. The molecule has 2 N–H and O–H groups in total. The van der Waals surface area contributed by atoms with Gasteiger partial charge in [0.15, 0.2) is 0 Å². The van der Waals surface area contributed by atoms with Crippen LogP contribution in [-0.4, -0.2) is 36.0 Å². The summed E-state index contributed by atoms with van der Waals surface area (Å²) < 4.78 is 72.9. The van der Waals surface area contributed by atoms with Crippen LogP contribution in [0.2, 0.25) is 0 Å². The normalized spacial score (nSPS) is 14.5. The molecule has 1 fully saturated rings. The molecule has 0 aliphatic heterocycles. The summed E-state index contributed by atoms with van der Waals surface area (Å²) in [5, 5.41) is 0. The number of anilines is 1. The monoisotopic (exact) mass is 428 g/mol. The third-order valence-electron chi connectivity index (χ3n) is 3.94. The molecule has 2 aromatic rings. The van der Waals surface area contributed by atoms with E-state index in [-0.39, 0.29) is 22.2 Å². The topological polar surface area (TPSA) is 119 Å². The number of hydrogen-bond acceptors (Lipinski definition) is 6. The highest BCUT2D eigenvalue weighted by Crippen LogP contribution is 2.25. The summed E-state index contributed by atoms with van der Waals surface area (Å²) in [6, 6.07) is 7.80. The maximum Gasteiger partial charge on any atom is 0.337 e. The SMILES string of the molecule is COC(=O)c1ccc(F)c(S(=O)(=O)Nc2cccc(S(=O)(=O)NC3CC3)c2)c1. The number of carbonyl (C=O) groups excluding carboxylic acids is 1. The van der Waals surface area contributed by atoms with E-state index in [0.717, 1.165) is 44.2 Å². The lowest BCUT2D eigenvalue weighted by Crippen LogP contribution is -2.25. The number of benzene rings is 2. The lowest BCUT2D eigenvalue weighted by Gasteiger charge is -2.12. The van der Waals surface area contributed by atoms with Crippen LogP contribution >= 0.6 is 0 Å². The molecular formula is C17H17FN2O6S2. The van der Waals surface area contributed by atoms with Crippen molar-refractivity contribution >= 4 is 31.7 Å². The fourth-order valence-electron chi connectivity index (χ4n) is 2.38. The van der Waals surface area contributed by atoms with Crippen molar-refractivity contribution in [3.63, 3.8) is 0 Å². The van der Waals surface area contributed by atoms with E-state index in [4.69, 9.17) is 0 Å². The van der Waals surface area contributed by atoms with E-state index in [1.54, 1.807) is 0 Å². The Bertz CT molecular complexity index is 1130. The van der Waals surface area contributed by atoms with Gasteiger partial charge in [0.1, 0.15) is 10.7 Å². The molecule has 1 aliphatic carbocycles. The molecular weight excluding hydrogens is 411 g/mol. The quantitative estimate of drug-likeness (QED) is 0.650. The largest absolute Gasteiger partial charge is 0.465 e. The standard InChI is InChI=1S/C17H17FN2O6S2/c1-26-17(21)11-5-8-15(18)16(9-11)28(24,25)20-13-3-2-4-14(10-13)27(22,23)19-12-6-7-12/h2-5,8-10,12,19-20H,6-7H2,1H3. The van der Waals surface area contributed by atoms with Crippen LogP contribution in [0.1, 0.15) is 23.2 Å². The predicted molar refractivity (Wildman–Crippen MR) is 98.3 cm³/mol. The highest BCUT2D eigenvalue weighted by atomic mass is 32.2. The number of nitrogens with one attached hydrogen (secondary N) is 2. The van der Waals surface area contributed by atoms with Crippen LogP contribution in [0.4, 0.5) is 10.1 Å². The zero-order valence-corrected chi connectivity index (χ0v) is 16.3. The molecule has 1 saturated carbocycles. The summed E-state index contributed by atoms with van der Waals surface area (Å²) in [5.41, 5.74) is -0.212. The zero-order valence-electron chi connectivity index (χ0n) is 14.7. The molecule has 2 aromatic carbocycles. The van der Waals surface area contributed by atoms with Crippen molar-refractivity contribution in [2.45, 2.75) is 28.7 Å². The average molecular weight is 428 g/mol. The Kier molecular flexibility index (Phi) is 5.41. The summed E-state index contributed by atoms with van der Waals surface area (Å²) in [6.07, 6.45) is 1.50. The van der Waals surface area contributed by atoms with Gasteiger partial charge < -0.3 is 4.74 Å². The molecule has 1 aliphatic rings. The molecule has 0 heterocycles. The zero-order chi connectivity index (χ0) is 20.5. The van der Waals surface area contributed by atoms with Crippen molar-refractivity contribution in [3.05, 3.63) is 53.8 Å². The van der Waals surface area contributed by atoms with Crippen molar-refractivity contribution in [2.24, 2.45) is 0 Å². The van der Waals surface area contributed by atoms with E-state index in [0.29, 0.717) is 0 Å². The van der Waals surface area contributed by atoms with Gasteiger partial charge in [0.25, 0.3) is 10.0 Å². The Morgan fingerprint density at radius 2 is 1.79 bits per heavy atom. The molecule has 0 bridgehead atoms. The number of ether oxygens (including phenoxy) is 1. The van der Waals surface area contributed by atoms with Crippen LogP contribution < -0.4 is 9.44 Å². The first kappa shape index (κ1) is 20.2. The van der Waals surface area contributed by atoms with Gasteiger partial charge in [-0.25, -0.2) is 30.7 Å². The molecule has 3 rings (SSSR count). The van der Waals surface area contributed by atoms with Crippen LogP contribution in [0, 0.1) is 5.82 Å². The first-order chi connectivity index (χ1) is 13.1. The molecule has 0 saturated heterocycles. The number of halogens is 1. The highest BCUT2D eigenvalue weighted by Gasteiger charge is 2.28. The number of esters is 1. The van der Waals surface area contributed by atoms with E-state index < -0.39 is 36.7 Å². The van der Waals surface area contributed by atoms with Crippen LogP contribution in [0.25, 0.3) is 0 Å². The average Bonchev–Trinajstić information content (AvgIpc) is 3.44. The van der Waals surface area contributed by atoms with Crippen LogP contribution in [-0.2, 0) is 24.8 Å². The summed E-state index contributed by atoms with van der Waals surface area (Å²) in [5.74, 6) is -1.89. The number of hydrogen-bond donors (Lipinski definition) is 2. The van der Waals surface area contributed by atoms with Gasteiger partial charge in [0.2, 0.25) is 10.0 Å². The Morgan fingerprint density at radius 1 is 1.07 bits per heavy atom. The minimum absolute atomic E-state index is 0.0680. The lowest BCUT2D eigenvalue weighted by molar-refractivity contribution is 0.0600. The van der Waals surface area contributed by atoms with Gasteiger partial charge in [-0.05, 0) is 49.2 Å². The predicted octanol–water partition coefficient (Wildman–Crippen LogP) is 1.85. The van der Waals surface area contributed by atoms with Crippen molar-refractivity contribution in [1.29, 1.82) is 0 Å². The third-order valence-corrected chi connectivity index (χ3v) is 6.85. The van der Waals surface area contributed by atoms with Gasteiger partial charge in [-0.2, -0.15) is 0 Å². The van der Waals surface area contributed by atoms with E-state index in [9.17, 15) is 26.0 Å². The molecule has 8 nitrogen and oxygen atoms in total. The molecule has 0 aromatic heterocycles. The van der Waals surface area contributed by atoms with Gasteiger partial charge in [-0.15, -0.1) is 0 Å². The van der Waals surface area contributed by atoms with Crippen molar-refractivity contribution in [1.82, 2.24) is 4.72 Å². The number of sulfonamides is 2. The fraction of sp³-hybridized carbons (Fsp3) is 0.235. The molecule has 28 heavy (non-hydrogen) atoms. The van der Waals surface area contributed by atoms with E-state index >= 15 is 0 Å². The van der Waals surface area contributed by atoms with E-state index in [1.807, 2.05) is 0 Å². The van der Waals surface area contributed by atoms with Gasteiger partial charge in [0.05, 0.1) is 23.3 Å². The van der Waals surface area contributed by atoms with Gasteiger partial charge in [-0.3, -0.25) is 4.72 Å². The molecule has 0 spiro atoms. The molecule has 0 atom stereocenters. The van der Waals surface area contributed by atoms with Crippen LogP contribution in [0.5, 0.6) is 0 Å². The summed E-state index contributed by atoms with van der Waals surface area (Å²) in [4.78, 5) is 10.7. The van der Waals surface area contributed by atoms with Gasteiger partial charge >= 0.3 is 5.97 Å². The highest BCUT2D eigenvalue weighted by molar-refractivity contribution is 7.92. The second-order valence-corrected chi connectivity index (χ2v) is 9.53. The number of rotatable bonds is 7. The van der Waals surface area contributed by atoms with Crippen LogP contribution in [0.15, 0.2) is 52.3 Å². The smallest absolute Gasteiger partial charge is 0.337 e. The van der Waals surface area contributed by atoms with Crippen molar-refractivity contribution in [2.75, 3.05) is 11.8 Å². The fourth-order valence-corrected chi connectivity index (χ4v) is 4.88. The third kappa shape index (κ3) is 4.49. The van der Waals surface area contributed by atoms with E-state index in [2.05, 4.69) is 14.2 Å². The second kappa shape index (κ2) is 7.49. The Balaban J connectivity index is 1.91.